The maximum Gasteiger partial charge on any atom is 0.252 e. The molecule has 140 valence electrons. The smallest absolute Gasteiger partial charge is 0.252 e. The van der Waals surface area contributed by atoms with Gasteiger partial charge in [-0.1, -0.05) is 24.2 Å². The lowest BCUT2D eigenvalue weighted by molar-refractivity contribution is -0.121. The fraction of sp³-hybridized carbons (Fsp3) is 0.444. The quantitative estimate of drug-likeness (QED) is 0.653. The molecule has 2 amide bonds. The van der Waals surface area contributed by atoms with Crippen LogP contribution in [0.5, 0.6) is 0 Å². The van der Waals surface area contributed by atoms with Crippen LogP contribution in [0.1, 0.15) is 48.8 Å². The number of nitrogens with one attached hydrogen (secondary N) is 2. The van der Waals surface area contributed by atoms with Gasteiger partial charge in [-0.15, -0.1) is 11.8 Å². The van der Waals surface area contributed by atoms with Crippen LogP contribution in [-0.4, -0.2) is 34.5 Å². The monoisotopic (exact) mass is 376 g/mol. The first-order chi connectivity index (χ1) is 12.5. The highest BCUT2D eigenvalue weighted by Gasteiger charge is 2.13. The zero-order valence-electron chi connectivity index (χ0n) is 15.2. The third-order valence-electron chi connectivity index (χ3n) is 3.71. The molecule has 0 fully saturated rings. The first-order valence-electron chi connectivity index (χ1n) is 8.58. The topological polar surface area (TPSA) is 97.1 Å². The zero-order valence-corrected chi connectivity index (χ0v) is 16.1. The summed E-state index contributed by atoms with van der Waals surface area (Å²) in [5.74, 6) is 1.33. The molecule has 8 heteroatoms. The number of thioether (sulfide) groups is 1. The maximum atomic E-state index is 12.4. The minimum atomic E-state index is -0.203. The van der Waals surface area contributed by atoms with E-state index in [9.17, 15) is 9.59 Å². The van der Waals surface area contributed by atoms with Crippen molar-refractivity contribution in [2.75, 3.05) is 6.54 Å². The first-order valence-corrected chi connectivity index (χ1v) is 9.56. The van der Waals surface area contributed by atoms with E-state index in [2.05, 4.69) is 20.8 Å². The Morgan fingerprint density at radius 3 is 2.77 bits per heavy atom. The largest absolute Gasteiger partial charge is 0.354 e. The molecule has 0 saturated carbocycles. The van der Waals surface area contributed by atoms with Gasteiger partial charge in [-0.2, -0.15) is 4.98 Å². The molecule has 2 rings (SSSR count). The van der Waals surface area contributed by atoms with Gasteiger partial charge in [0.05, 0.1) is 11.3 Å². The van der Waals surface area contributed by atoms with Gasteiger partial charge < -0.3 is 15.2 Å². The summed E-state index contributed by atoms with van der Waals surface area (Å²) < 4.78 is 5.09. The van der Waals surface area contributed by atoms with E-state index in [0.29, 0.717) is 29.6 Å². The number of carbonyl (C=O) groups is 2. The summed E-state index contributed by atoms with van der Waals surface area (Å²) >= 11 is 1.46. The van der Waals surface area contributed by atoms with Crippen LogP contribution >= 0.6 is 11.8 Å². The number of nitrogens with zero attached hydrogens (tertiary/aromatic N) is 2. The van der Waals surface area contributed by atoms with E-state index in [4.69, 9.17) is 4.52 Å². The lowest BCUT2D eigenvalue weighted by Gasteiger charge is -2.12. The van der Waals surface area contributed by atoms with Crippen LogP contribution in [-0.2, 0) is 10.5 Å². The molecule has 0 spiro atoms. The predicted octanol–water partition coefficient (Wildman–Crippen LogP) is 2.70. The van der Waals surface area contributed by atoms with E-state index in [0.717, 1.165) is 11.3 Å². The van der Waals surface area contributed by atoms with Gasteiger partial charge in [0.1, 0.15) is 0 Å². The molecule has 0 aliphatic rings. The third kappa shape index (κ3) is 6.18. The van der Waals surface area contributed by atoms with Gasteiger partial charge >= 0.3 is 0 Å². The van der Waals surface area contributed by atoms with Crippen molar-refractivity contribution < 1.29 is 14.1 Å². The van der Waals surface area contributed by atoms with Gasteiger partial charge in [0.15, 0.2) is 5.82 Å². The summed E-state index contributed by atoms with van der Waals surface area (Å²) in [5, 5.41) is 9.43. The number of rotatable bonds is 9. The lowest BCUT2D eigenvalue weighted by atomic mass is 10.2. The van der Waals surface area contributed by atoms with Gasteiger partial charge in [0.25, 0.3) is 5.91 Å². The molecule has 2 N–H and O–H groups in total. The highest BCUT2D eigenvalue weighted by atomic mass is 32.2. The number of aromatic nitrogens is 2. The van der Waals surface area contributed by atoms with Gasteiger partial charge in [-0.25, -0.2) is 0 Å². The van der Waals surface area contributed by atoms with Crippen molar-refractivity contribution in [3.63, 3.8) is 0 Å². The number of aryl methyl sites for hydroxylation is 1. The molecule has 1 atom stereocenters. The van der Waals surface area contributed by atoms with Crippen molar-refractivity contribution in [2.45, 2.75) is 50.3 Å². The molecular weight excluding hydrogens is 352 g/mol. The predicted molar refractivity (Wildman–Crippen MR) is 99.9 cm³/mol. The average Bonchev–Trinajstić information content (AvgIpc) is 3.05. The maximum absolute atomic E-state index is 12.4. The van der Waals surface area contributed by atoms with Crippen LogP contribution in [0.15, 0.2) is 33.7 Å². The molecular formula is C18H24N4O3S. The normalized spacial score (nSPS) is 11.8. The summed E-state index contributed by atoms with van der Waals surface area (Å²) in [6, 6.07) is 7.46. The molecule has 1 unspecified atom stereocenters. The van der Waals surface area contributed by atoms with Gasteiger partial charge in [-0.05, 0) is 32.4 Å². The van der Waals surface area contributed by atoms with E-state index in [-0.39, 0.29) is 24.3 Å². The van der Waals surface area contributed by atoms with Crippen molar-refractivity contribution in [1.29, 1.82) is 0 Å². The SMILES string of the molecule is CCC(C)NC(=O)CCNC(=O)c1ccccc1SCc1nc(C)no1. The van der Waals surface area contributed by atoms with E-state index in [1.165, 1.54) is 11.8 Å². The molecule has 0 aliphatic carbocycles. The van der Waals surface area contributed by atoms with Gasteiger partial charge in [0.2, 0.25) is 11.8 Å². The number of carbonyl (C=O) groups excluding carboxylic acids is 2. The molecule has 1 aromatic heterocycles. The molecule has 1 heterocycles. The Bertz CT molecular complexity index is 748. The number of benzene rings is 1. The summed E-state index contributed by atoms with van der Waals surface area (Å²) in [6.45, 7) is 6.02. The fourth-order valence-electron chi connectivity index (χ4n) is 2.15. The highest BCUT2D eigenvalue weighted by Crippen LogP contribution is 2.25. The summed E-state index contributed by atoms with van der Waals surface area (Å²) in [5.41, 5.74) is 0.566. The molecule has 2 aromatic rings. The van der Waals surface area contributed by atoms with Crippen molar-refractivity contribution in [2.24, 2.45) is 0 Å². The van der Waals surface area contributed by atoms with Crippen molar-refractivity contribution in [3.05, 3.63) is 41.5 Å². The summed E-state index contributed by atoms with van der Waals surface area (Å²) in [7, 11) is 0. The molecule has 0 aliphatic heterocycles. The Morgan fingerprint density at radius 2 is 2.08 bits per heavy atom. The van der Waals surface area contributed by atoms with Crippen LogP contribution in [0, 0.1) is 6.92 Å². The Balaban J connectivity index is 1.87. The summed E-state index contributed by atoms with van der Waals surface area (Å²) in [4.78, 5) is 29.2. The Morgan fingerprint density at radius 1 is 1.31 bits per heavy atom. The van der Waals surface area contributed by atoms with Crippen LogP contribution in [0.3, 0.4) is 0 Å². The molecule has 0 saturated heterocycles. The van der Waals surface area contributed by atoms with Gasteiger partial charge in [0, 0.05) is 23.9 Å². The Labute approximate surface area is 157 Å². The number of hydrogen-bond acceptors (Lipinski definition) is 6. The minimum absolute atomic E-state index is 0.0610. The van der Waals surface area contributed by atoms with Crippen LogP contribution < -0.4 is 10.6 Å². The second-order valence-electron chi connectivity index (χ2n) is 5.90. The second kappa shape index (κ2) is 9.96. The zero-order chi connectivity index (χ0) is 18.9. The first kappa shape index (κ1) is 20.0. The van der Waals surface area contributed by atoms with E-state index in [1.807, 2.05) is 32.0 Å². The average molecular weight is 376 g/mol. The molecule has 0 bridgehead atoms. The van der Waals surface area contributed by atoms with Crippen molar-refractivity contribution in [1.82, 2.24) is 20.8 Å². The van der Waals surface area contributed by atoms with Crippen LogP contribution in [0.2, 0.25) is 0 Å². The van der Waals surface area contributed by atoms with E-state index < -0.39 is 0 Å². The molecule has 26 heavy (non-hydrogen) atoms. The van der Waals surface area contributed by atoms with Crippen LogP contribution in [0.4, 0.5) is 0 Å². The fourth-order valence-corrected chi connectivity index (χ4v) is 3.04. The van der Waals surface area contributed by atoms with Crippen LogP contribution in [0.25, 0.3) is 0 Å². The number of hydrogen-bond donors (Lipinski definition) is 2. The minimum Gasteiger partial charge on any atom is -0.354 e. The Kier molecular flexibility index (Phi) is 7.65. The van der Waals surface area contributed by atoms with E-state index >= 15 is 0 Å². The standard InChI is InChI=1S/C18H24N4O3S/c1-4-12(2)20-16(23)9-10-19-18(24)14-7-5-6-8-15(14)26-11-17-21-13(3)22-25-17/h5-8,12H,4,9-11H2,1-3H3,(H,19,24)(H,20,23). The molecule has 0 radical (unpaired) electrons. The highest BCUT2D eigenvalue weighted by molar-refractivity contribution is 7.98. The number of amides is 2. The Hall–Kier alpha value is -2.35. The second-order valence-corrected chi connectivity index (χ2v) is 6.92. The van der Waals surface area contributed by atoms with Gasteiger partial charge in [-0.3, -0.25) is 9.59 Å². The lowest BCUT2D eigenvalue weighted by Crippen LogP contribution is -2.35. The molecule has 1 aromatic carbocycles. The molecule has 7 nitrogen and oxygen atoms in total. The van der Waals surface area contributed by atoms with Crippen molar-refractivity contribution >= 4 is 23.6 Å². The van der Waals surface area contributed by atoms with Crippen molar-refractivity contribution in [3.8, 4) is 0 Å². The summed E-state index contributed by atoms with van der Waals surface area (Å²) in [6.07, 6.45) is 1.13. The van der Waals surface area contributed by atoms with E-state index in [1.54, 1.807) is 13.0 Å². The third-order valence-corrected chi connectivity index (χ3v) is 4.77.